The van der Waals surface area contributed by atoms with Crippen molar-refractivity contribution in [2.45, 2.75) is 6.04 Å². The second-order valence-corrected chi connectivity index (χ2v) is 9.45. The number of hydrogen-bond donors (Lipinski definition) is 2. The summed E-state index contributed by atoms with van der Waals surface area (Å²) in [7, 11) is 1.94. The molecule has 2 N–H and O–H groups in total. The first-order valence-electron chi connectivity index (χ1n) is 12.3. The maximum Gasteiger partial charge on any atom is 0.300 e. The number of anilines is 2. The molecule has 190 valence electrons. The fourth-order valence-electron chi connectivity index (χ4n) is 5.40. The Morgan fingerprint density at radius 3 is 2.68 bits per heavy atom. The summed E-state index contributed by atoms with van der Waals surface area (Å²) in [6.45, 7) is 1.34. The Morgan fingerprint density at radius 1 is 0.974 bits per heavy atom. The second kappa shape index (κ2) is 8.31. The Morgan fingerprint density at radius 2 is 1.79 bits per heavy atom. The number of fused-ring (bicyclic) bond motifs is 3. The molecule has 9 nitrogen and oxygen atoms in total. The zero-order chi connectivity index (χ0) is 26.0. The number of rotatable bonds is 3. The normalized spacial score (nSPS) is 19.7. The highest BCUT2D eigenvalue weighted by Gasteiger charge is 2.48. The number of aliphatic hydroxyl groups is 1. The van der Waals surface area contributed by atoms with Gasteiger partial charge in [0.25, 0.3) is 11.7 Å². The number of likely N-dealkylation sites (N-methyl/N-ethyl adjacent to an activating group) is 1. The quantitative estimate of drug-likeness (QED) is 0.240. The number of ether oxygens (including phenoxy) is 3. The minimum absolute atomic E-state index is 0.0109. The molecule has 3 aliphatic rings. The molecule has 1 saturated heterocycles. The summed E-state index contributed by atoms with van der Waals surface area (Å²) in [6.07, 6.45) is 1.78. The van der Waals surface area contributed by atoms with E-state index in [1.54, 1.807) is 42.6 Å². The molecule has 1 atom stereocenters. The van der Waals surface area contributed by atoms with E-state index < -0.39 is 17.7 Å². The van der Waals surface area contributed by atoms with Crippen LogP contribution < -0.4 is 24.0 Å². The monoisotopic (exact) mass is 509 g/mol. The summed E-state index contributed by atoms with van der Waals surface area (Å²) in [5.41, 5.74) is 3.24. The molecule has 1 fully saturated rings. The first-order valence-corrected chi connectivity index (χ1v) is 12.3. The summed E-state index contributed by atoms with van der Waals surface area (Å²) in [6, 6.07) is 17.1. The Bertz CT molecular complexity index is 1670. The van der Waals surface area contributed by atoms with Crippen LogP contribution >= 0.6 is 0 Å². The van der Waals surface area contributed by atoms with Crippen molar-refractivity contribution in [1.29, 1.82) is 0 Å². The summed E-state index contributed by atoms with van der Waals surface area (Å²) >= 11 is 0. The summed E-state index contributed by atoms with van der Waals surface area (Å²) < 4.78 is 16.7. The highest BCUT2D eigenvalue weighted by molar-refractivity contribution is 6.52. The average molecular weight is 510 g/mol. The number of nitrogens with one attached hydrogen (secondary N) is 1. The molecule has 0 aliphatic carbocycles. The fourth-order valence-corrected chi connectivity index (χ4v) is 5.40. The second-order valence-electron chi connectivity index (χ2n) is 9.45. The number of aliphatic hydroxyl groups excluding tert-OH is 1. The van der Waals surface area contributed by atoms with Gasteiger partial charge in [-0.2, -0.15) is 0 Å². The van der Waals surface area contributed by atoms with Crippen molar-refractivity contribution in [2.75, 3.05) is 36.8 Å². The van der Waals surface area contributed by atoms with Gasteiger partial charge in [0.2, 0.25) is 6.79 Å². The van der Waals surface area contributed by atoms with E-state index in [2.05, 4.69) is 4.98 Å². The molecule has 0 radical (unpaired) electrons. The number of hydrogen-bond acceptors (Lipinski definition) is 7. The van der Waals surface area contributed by atoms with Gasteiger partial charge in [0.15, 0.2) is 11.5 Å². The van der Waals surface area contributed by atoms with Gasteiger partial charge in [0.1, 0.15) is 18.1 Å². The van der Waals surface area contributed by atoms with Gasteiger partial charge in [-0.15, -0.1) is 0 Å². The number of Topliss-reactive ketones (excluding diaryl/α,β-unsaturated/α-hetero) is 1. The smallest absolute Gasteiger partial charge is 0.300 e. The molecule has 3 aliphatic heterocycles. The highest BCUT2D eigenvalue weighted by Crippen LogP contribution is 2.47. The predicted molar refractivity (Wildman–Crippen MR) is 141 cm³/mol. The number of ketones is 1. The molecule has 1 unspecified atom stereocenters. The molecule has 0 spiro atoms. The van der Waals surface area contributed by atoms with Crippen molar-refractivity contribution < 1.29 is 28.9 Å². The fraction of sp³-hybridized carbons (Fsp3) is 0.172. The Hall–Kier alpha value is -4.92. The largest absolute Gasteiger partial charge is 0.507 e. The Balaban J connectivity index is 1.44. The lowest BCUT2D eigenvalue weighted by atomic mass is 9.94. The van der Waals surface area contributed by atoms with Gasteiger partial charge in [0.05, 0.1) is 23.8 Å². The molecular formula is C29H23N3O6. The van der Waals surface area contributed by atoms with Gasteiger partial charge in [-0.3, -0.25) is 14.5 Å². The predicted octanol–water partition coefficient (Wildman–Crippen LogP) is 4.35. The molecular weight excluding hydrogens is 486 g/mol. The lowest BCUT2D eigenvalue weighted by Crippen LogP contribution is -2.29. The number of amides is 1. The van der Waals surface area contributed by atoms with Crippen LogP contribution in [0.1, 0.15) is 17.2 Å². The molecule has 9 heteroatoms. The number of nitrogens with zero attached hydrogens (tertiary/aromatic N) is 2. The van der Waals surface area contributed by atoms with Crippen molar-refractivity contribution in [1.82, 2.24) is 4.98 Å². The molecule has 0 bridgehead atoms. The molecule has 38 heavy (non-hydrogen) atoms. The first kappa shape index (κ1) is 22.3. The van der Waals surface area contributed by atoms with Crippen LogP contribution in [-0.2, 0) is 9.59 Å². The number of benzene rings is 3. The topological polar surface area (TPSA) is 104 Å². The lowest BCUT2D eigenvalue weighted by molar-refractivity contribution is -0.132. The van der Waals surface area contributed by atoms with Gasteiger partial charge in [-0.1, -0.05) is 18.2 Å². The van der Waals surface area contributed by atoms with E-state index >= 15 is 0 Å². The van der Waals surface area contributed by atoms with Crippen molar-refractivity contribution in [3.05, 3.63) is 83.6 Å². The summed E-state index contributed by atoms with van der Waals surface area (Å²) in [5.74, 6) is -0.000928. The van der Waals surface area contributed by atoms with Crippen molar-refractivity contribution in [3.63, 3.8) is 0 Å². The van der Waals surface area contributed by atoms with Crippen molar-refractivity contribution >= 4 is 39.7 Å². The van der Waals surface area contributed by atoms with Gasteiger partial charge >= 0.3 is 0 Å². The minimum Gasteiger partial charge on any atom is -0.507 e. The molecule has 3 aromatic carbocycles. The Kier molecular flexibility index (Phi) is 4.87. The average Bonchev–Trinajstić information content (AvgIpc) is 3.64. The third-order valence-electron chi connectivity index (χ3n) is 7.32. The van der Waals surface area contributed by atoms with Crippen molar-refractivity contribution in [2.24, 2.45) is 0 Å². The van der Waals surface area contributed by atoms with Gasteiger partial charge in [-0.05, 0) is 36.4 Å². The van der Waals surface area contributed by atoms with E-state index in [4.69, 9.17) is 14.2 Å². The zero-order valence-electron chi connectivity index (χ0n) is 20.4. The standard InChI is InChI=1S/C29H23N3O6/c1-31-10-11-36-22-8-6-16(12-21(22)31)27(33)25-26(19-14-30-20-5-3-2-4-18(19)20)32(29(35)28(25)34)17-7-9-23-24(13-17)38-15-37-23/h2-9,12-14,26,30,33H,10-11,15H2,1H3/b27-25+. The minimum atomic E-state index is -0.878. The Labute approximate surface area is 217 Å². The van der Waals surface area contributed by atoms with Crippen LogP contribution in [0.15, 0.2) is 72.4 Å². The summed E-state index contributed by atoms with van der Waals surface area (Å²) in [4.78, 5) is 33.9. The number of aromatic amines is 1. The number of carbonyl (C=O) groups is 2. The van der Waals surface area contributed by atoms with Crippen LogP contribution in [0, 0.1) is 0 Å². The van der Waals surface area contributed by atoms with Crippen molar-refractivity contribution in [3.8, 4) is 17.2 Å². The van der Waals surface area contributed by atoms with Crippen LogP contribution in [0.25, 0.3) is 16.7 Å². The number of carbonyl (C=O) groups excluding carboxylic acids is 2. The lowest BCUT2D eigenvalue weighted by Gasteiger charge is -2.28. The molecule has 1 aromatic heterocycles. The third kappa shape index (κ3) is 3.25. The number of H-pyrrole nitrogens is 1. The van der Waals surface area contributed by atoms with E-state index in [1.807, 2.05) is 36.2 Å². The SMILES string of the molecule is CN1CCOc2ccc(/C(O)=C3\C(=O)C(=O)N(c4ccc5c(c4)OCO5)C3c3c[nH]c4ccccc34)cc21. The third-order valence-corrected chi connectivity index (χ3v) is 7.32. The zero-order valence-corrected chi connectivity index (χ0v) is 20.4. The van der Waals surface area contributed by atoms with Crippen LogP contribution in [0.3, 0.4) is 0 Å². The highest BCUT2D eigenvalue weighted by atomic mass is 16.7. The van der Waals surface area contributed by atoms with Crippen LogP contribution in [0.4, 0.5) is 11.4 Å². The van der Waals surface area contributed by atoms with E-state index in [9.17, 15) is 14.7 Å². The van der Waals surface area contributed by atoms with Gasteiger partial charge < -0.3 is 29.2 Å². The maximum atomic E-state index is 13.6. The van der Waals surface area contributed by atoms with E-state index in [0.717, 1.165) is 16.6 Å². The number of aromatic nitrogens is 1. The van der Waals surface area contributed by atoms with E-state index in [0.29, 0.717) is 47.2 Å². The van der Waals surface area contributed by atoms with Gasteiger partial charge in [0, 0.05) is 47.0 Å². The van der Waals surface area contributed by atoms with Gasteiger partial charge in [-0.25, -0.2) is 0 Å². The van der Waals surface area contributed by atoms with Crippen LogP contribution in [-0.4, -0.2) is 48.8 Å². The molecule has 7 rings (SSSR count). The van der Waals surface area contributed by atoms with Crippen LogP contribution in [0.2, 0.25) is 0 Å². The van der Waals surface area contributed by atoms with Crippen LogP contribution in [0.5, 0.6) is 17.2 Å². The number of para-hydroxylation sites is 1. The molecule has 0 saturated carbocycles. The van der Waals surface area contributed by atoms with E-state index in [1.165, 1.54) is 4.90 Å². The first-order chi connectivity index (χ1) is 18.5. The molecule has 4 aromatic rings. The molecule has 4 heterocycles. The summed E-state index contributed by atoms with van der Waals surface area (Å²) in [5, 5.41) is 12.5. The molecule has 1 amide bonds. The van der Waals surface area contributed by atoms with E-state index in [-0.39, 0.29) is 18.1 Å². The maximum absolute atomic E-state index is 13.6.